The van der Waals surface area contributed by atoms with E-state index in [0.717, 1.165) is 90.4 Å². The van der Waals surface area contributed by atoms with Crippen molar-refractivity contribution >= 4 is 40.7 Å². The number of hydrogen-bond acceptors (Lipinski definition) is 15. The molecule has 0 amide bonds. The van der Waals surface area contributed by atoms with E-state index in [2.05, 4.69) is 55.4 Å². The number of methoxy groups -OCH3 is 1. The normalized spacial score (nSPS) is 19.1. The Balaban J connectivity index is 0.000000179. The van der Waals surface area contributed by atoms with Gasteiger partial charge in [0.15, 0.2) is 0 Å². The summed E-state index contributed by atoms with van der Waals surface area (Å²) < 4.78 is 80.7. The van der Waals surface area contributed by atoms with Gasteiger partial charge in [-0.3, -0.25) is 0 Å². The van der Waals surface area contributed by atoms with E-state index in [1.54, 1.807) is 26.2 Å². The lowest BCUT2D eigenvalue weighted by molar-refractivity contribution is -0.0227. The summed E-state index contributed by atoms with van der Waals surface area (Å²) in [4.78, 5) is 22.5. The highest BCUT2D eigenvalue weighted by Gasteiger charge is 2.35. The first-order valence-electron chi connectivity index (χ1n) is 24.3. The maximum Gasteiger partial charge on any atom is 0.251 e. The molecule has 4 aromatic heterocycles. The molecule has 0 radical (unpaired) electrons. The third-order valence-corrected chi connectivity index (χ3v) is 11.8. The minimum Gasteiger partial charge on any atom is -0.497 e. The maximum absolute atomic E-state index is 13.3. The molecule has 0 bridgehead atoms. The lowest BCUT2D eigenvalue weighted by Gasteiger charge is -2.32. The number of nitrogens with zero attached hydrogens (tertiary/aromatic N) is 7. The molecule has 20 heteroatoms. The highest BCUT2D eigenvalue weighted by molar-refractivity contribution is 5.52. The van der Waals surface area contributed by atoms with E-state index < -0.39 is 17.8 Å². The molecule has 72 heavy (non-hydrogen) atoms. The molecule has 2 atom stereocenters. The van der Waals surface area contributed by atoms with Crippen molar-refractivity contribution in [2.24, 2.45) is 0 Å². The highest BCUT2D eigenvalue weighted by Crippen LogP contribution is 2.32. The Morgan fingerprint density at radius 2 is 1.10 bits per heavy atom. The summed E-state index contributed by atoms with van der Waals surface area (Å²) >= 11 is 0. The number of nitrogen functional groups attached to an aromatic ring is 3. The first-order chi connectivity index (χ1) is 34.1. The molecule has 9 rings (SSSR count). The number of aromatic nitrogens is 4. The summed E-state index contributed by atoms with van der Waals surface area (Å²) in [6, 6.07) is 22.3. The van der Waals surface area contributed by atoms with Crippen LogP contribution in [0.2, 0.25) is 0 Å². The molecule has 15 nitrogen and oxygen atoms in total. The van der Waals surface area contributed by atoms with Gasteiger partial charge in [-0.05, 0) is 130 Å². The minimum atomic E-state index is -2.55. The largest absolute Gasteiger partial charge is 0.497 e. The molecule has 1 aromatic carbocycles. The molecular weight excluding hydrogens is 936 g/mol. The molecule has 4 aliphatic heterocycles. The van der Waals surface area contributed by atoms with E-state index in [1.807, 2.05) is 79.1 Å². The lowest BCUT2D eigenvalue weighted by atomic mass is 10.1. The van der Waals surface area contributed by atoms with E-state index in [9.17, 15) is 22.0 Å². The fourth-order valence-electron chi connectivity index (χ4n) is 8.01. The fourth-order valence-corrected chi connectivity index (χ4v) is 8.01. The van der Waals surface area contributed by atoms with Crippen LogP contribution in [0.3, 0.4) is 0 Å². The number of ether oxygens (including phenoxy) is 3. The van der Waals surface area contributed by atoms with Gasteiger partial charge in [-0.1, -0.05) is 12.1 Å². The van der Waals surface area contributed by atoms with Crippen LogP contribution in [0, 0.1) is 33.6 Å². The molecule has 4 fully saturated rings. The summed E-state index contributed by atoms with van der Waals surface area (Å²) in [6.45, 7) is 19.3. The maximum atomic E-state index is 13.3. The smallest absolute Gasteiger partial charge is 0.251 e. The third-order valence-electron chi connectivity index (χ3n) is 11.8. The Labute approximate surface area is 421 Å². The van der Waals surface area contributed by atoms with Crippen LogP contribution in [0.5, 0.6) is 5.75 Å². The minimum absolute atomic E-state index is 0.109. The van der Waals surface area contributed by atoms with Gasteiger partial charge < -0.3 is 56.7 Å². The monoisotopic (exact) mass is 1010 g/mol. The second-order valence-electron chi connectivity index (χ2n) is 18.5. The van der Waals surface area contributed by atoms with Gasteiger partial charge in [0.25, 0.3) is 11.8 Å². The van der Waals surface area contributed by atoms with Crippen LogP contribution < -0.4 is 47.3 Å². The summed E-state index contributed by atoms with van der Waals surface area (Å²) in [6.07, 6.45) is 0.246. The topological polar surface area (TPSA) is 191 Å². The number of benzene rings is 1. The molecule has 0 saturated carbocycles. The van der Waals surface area contributed by atoms with Crippen molar-refractivity contribution in [3.63, 3.8) is 0 Å². The number of piperidine rings is 2. The number of morpholine rings is 2. The summed E-state index contributed by atoms with van der Waals surface area (Å²) in [7, 11) is 1.64. The molecule has 394 valence electrons. The molecule has 5 aromatic rings. The predicted octanol–water partition coefficient (Wildman–Crippen LogP) is 8.76. The Bertz CT molecular complexity index is 2340. The van der Waals surface area contributed by atoms with E-state index in [4.69, 9.17) is 31.4 Å². The summed E-state index contributed by atoms with van der Waals surface area (Å²) in [5.74, 6) is -0.341. The van der Waals surface area contributed by atoms with Gasteiger partial charge in [0.05, 0.1) is 32.5 Å². The Morgan fingerprint density at radius 3 is 1.53 bits per heavy atom. The van der Waals surface area contributed by atoms with Gasteiger partial charge in [-0.15, -0.1) is 0 Å². The Kier molecular flexibility index (Phi) is 21.2. The van der Waals surface area contributed by atoms with Crippen LogP contribution >= 0.6 is 0 Å². The number of nitrogens with one attached hydrogen (secondary N) is 2. The quantitative estimate of drug-likeness (QED) is 0.0768. The third kappa shape index (κ3) is 19.7. The van der Waals surface area contributed by atoms with E-state index in [0.29, 0.717) is 56.3 Å². The number of aryl methyl sites for hydroxylation is 4. The van der Waals surface area contributed by atoms with Crippen molar-refractivity contribution in [2.75, 3.05) is 110 Å². The number of halogens is 5. The first-order valence-corrected chi connectivity index (χ1v) is 24.3. The van der Waals surface area contributed by atoms with Gasteiger partial charge in [0, 0.05) is 84.6 Å². The molecule has 0 unspecified atom stereocenters. The van der Waals surface area contributed by atoms with Gasteiger partial charge in [-0.2, -0.15) is 4.39 Å². The van der Waals surface area contributed by atoms with Crippen LogP contribution in [-0.2, 0) is 16.0 Å². The van der Waals surface area contributed by atoms with Crippen LogP contribution in [0.15, 0.2) is 72.8 Å². The number of hydrogen-bond donors (Lipinski definition) is 5. The molecule has 8 heterocycles. The molecule has 4 aliphatic rings. The number of anilines is 7. The van der Waals surface area contributed by atoms with Crippen LogP contribution in [0.1, 0.15) is 67.3 Å². The molecule has 8 N–H and O–H groups in total. The van der Waals surface area contributed by atoms with Crippen LogP contribution in [0.25, 0.3) is 0 Å². The van der Waals surface area contributed by atoms with Gasteiger partial charge in [0.1, 0.15) is 46.5 Å². The van der Waals surface area contributed by atoms with Crippen molar-refractivity contribution in [3.8, 4) is 5.75 Å². The van der Waals surface area contributed by atoms with E-state index in [-0.39, 0.29) is 37.6 Å². The fraction of sp³-hybridized carbons (Fsp3) is 0.500. The summed E-state index contributed by atoms with van der Waals surface area (Å²) in [5, 5.41) is 6.52. The van der Waals surface area contributed by atoms with E-state index in [1.165, 1.54) is 6.07 Å². The highest BCUT2D eigenvalue weighted by atomic mass is 19.3. The zero-order valence-corrected chi connectivity index (χ0v) is 42.7. The van der Waals surface area contributed by atoms with Gasteiger partial charge in [-0.25, -0.2) is 37.5 Å². The second kappa shape index (κ2) is 27.0. The van der Waals surface area contributed by atoms with Crippen LogP contribution in [-0.4, -0.2) is 117 Å². The first kappa shape index (κ1) is 56.7. The zero-order valence-electron chi connectivity index (χ0n) is 42.7. The van der Waals surface area contributed by atoms with Crippen molar-refractivity contribution in [1.82, 2.24) is 25.3 Å². The molecule has 0 spiro atoms. The SMILES string of the molecule is COc1ccc(CNc2cc(C)cc(N3CCC(F)(F)CC3)n2)cc1.C[C@@H]1CNCCO1.Cc1cc(N)nc(F)c1.Cc1cc(N)nc(N2CCC(F)(F)CC2)c1.Cc1cc(N)nc(N2CCO[C@H](C)C2)c1. The van der Waals surface area contributed by atoms with E-state index >= 15 is 0 Å². The number of rotatable bonds is 7. The van der Waals surface area contributed by atoms with Crippen LogP contribution in [0.4, 0.5) is 62.7 Å². The number of alkyl halides is 4. The van der Waals surface area contributed by atoms with Crippen molar-refractivity contribution in [1.29, 1.82) is 0 Å². The standard InChI is InChI=1S/C19H23F2N3O.C11H15F2N3.C11H17N3O.C6H7FN2.C5H11NO/c1-14-11-17(22-13-15-3-5-16(25-2)6-4-15)23-18(12-14)24-9-7-19(20,21)8-10-24;1-8-6-9(14)15-10(7-8)16-4-2-11(12,13)3-5-16;1-8-5-10(12)13-11(6-8)14-3-4-15-9(2)7-14;1-4-2-5(7)9-6(8)3-4;1-5-4-6-2-3-7-5/h3-6,11-12H,7-10,13H2,1-2H3,(H,22,23);6-7H,2-5H2,1H3,(H2,14,15);5-6,9H,3-4,7H2,1-2H3,(H2,12,13);2-3H,1H3,(H2,8,9);5-6H,2-4H2,1H3/t;;9-;;5-/m..1.1/s1. The van der Waals surface area contributed by atoms with Gasteiger partial charge >= 0.3 is 0 Å². The zero-order chi connectivity index (χ0) is 52.4. The molecular formula is C52H73F5N12O3. The second-order valence-corrected chi connectivity index (χ2v) is 18.5. The Hall–Kier alpha value is -6.25. The van der Waals surface area contributed by atoms with Crippen molar-refractivity contribution in [2.45, 2.75) is 97.8 Å². The predicted molar refractivity (Wildman–Crippen MR) is 278 cm³/mol. The Morgan fingerprint density at radius 1 is 0.625 bits per heavy atom. The molecule has 4 saturated heterocycles. The average molecular weight is 1010 g/mol. The number of nitrogens with two attached hydrogens (primary N) is 3. The van der Waals surface area contributed by atoms with Crippen molar-refractivity contribution in [3.05, 3.63) is 107 Å². The summed E-state index contributed by atoms with van der Waals surface area (Å²) in [5.41, 5.74) is 21.7. The molecule has 0 aliphatic carbocycles. The average Bonchev–Trinajstić information content (AvgIpc) is 3.31. The van der Waals surface area contributed by atoms with Crippen molar-refractivity contribution < 1.29 is 36.2 Å². The van der Waals surface area contributed by atoms with Gasteiger partial charge in [0.2, 0.25) is 5.95 Å². The number of pyridine rings is 4. The lowest BCUT2D eigenvalue weighted by Crippen LogP contribution is -2.41.